The Bertz CT molecular complexity index is 631. The Balaban J connectivity index is 1.91. The lowest BCUT2D eigenvalue weighted by Crippen LogP contribution is -2.58. The molecular formula is C15H18N4O3. The van der Waals surface area contributed by atoms with Gasteiger partial charge in [-0.2, -0.15) is 0 Å². The Kier molecular flexibility index (Phi) is 3.91. The van der Waals surface area contributed by atoms with Gasteiger partial charge in [0.25, 0.3) is 0 Å². The minimum Gasteiger partial charge on any atom is -0.478 e. The lowest BCUT2D eigenvalue weighted by Gasteiger charge is -2.42. The predicted molar refractivity (Wildman–Crippen MR) is 82.0 cm³/mol. The van der Waals surface area contributed by atoms with Crippen LogP contribution in [0.4, 0.5) is 5.82 Å². The number of nitrogens with one attached hydrogen (secondary N) is 1. The second-order valence-electron chi connectivity index (χ2n) is 5.45. The number of carboxylic acids is 1. The summed E-state index contributed by atoms with van der Waals surface area (Å²) in [6.07, 6.45) is 7.99. The van der Waals surface area contributed by atoms with Crippen molar-refractivity contribution in [1.82, 2.24) is 9.88 Å². The van der Waals surface area contributed by atoms with Gasteiger partial charge in [-0.15, -0.1) is 0 Å². The van der Waals surface area contributed by atoms with Gasteiger partial charge in [-0.3, -0.25) is 9.89 Å². The standard InChI is InChI=1S/C15H18N4O3/c20-13-3-1-8-19(13)15(5-2-6-16-10-15)18-12-9-11(14(21)22)4-7-17-12/h2,4-7,9,13,20H,1,3,8,10H2,(H,17,18)(H,21,22). The Morgan fingerprint density at radius 1 is 1.50 bits per heavy atom. The van der Waals surface area contributed by atoms with Crippen molar-refractivity contribution in [3.8, 4) is 0 Å². The highest BCUT2D eigenvalue weighted by atomic mass is 16.4. The van der Waals surface area contributed by atoms with Gasteiger partial charge in [0.05, 0.1) is 12.1 Å². The zero-order valence-corrected chi connectivity index (χ0v) is 12.0. The third-order valence-corrected chi connectivity index (χ3v) is 3.98. The van der Waals surface area contributed by atoms with Crippen molar-refractivity contribution in [3.63, 3.8) is 0 Å². The molecule has 2 unspecified atom stereocenters. The summed E-state index contributed by atoms with van der Waals surface area (Å²) in [7, 11) is 0. The minimum absolute atomic E-state index is 0.165. The molecule has 3 N–H and O–H groups in total. The van der Waals surface area contributed by atoms with E-state index in [4.69, 9.17) is 5.11 Å². The molecule has 1 saturated heterocycles. The molecule has 0 amide bonds. The SMILES string of the molecule is O=C(O)c1ccnc(NC2(N3CCCC3O)C=CC=NC2)c1. The van der Waals surface area contributed by atoms with Crippen LogP contribution in [0.5, 0.6) is 0 Å². The van der Waals surface area contributed by atoms with Crippen molar-refractivity contribution in [2.45, 2.75) is 24.7 Å². The quantitative estimate of drug-likeness (QED) is 0.766. The van der Waals surface area contributed by atoms with E-state index in [1.54, 1.807) is 6.21 Å². The van der Waals surface area contributed by atoms with Gasteiger partial charge in [0.15, 0.2) is 0 Å². The maximum atomic E-state index is 11.1. The van der Waals surface area contributed by atoms with Crippen LogP contribution in [0.3, 0.4) is 0 Å². The number of dihydropyridines is 1. The van der Waals surface area contributed by atoms with Crippen LogP contribution < -0.4 is 5.32 Å². The van der Waals surface area contributed by atoms with Crippen molar-refractivity contribution in [3.05, 3.63) is 36.0 Å². The van der Waals surface area contributed by atoms with Gasteiger partial charge < -0.3 is 15.5 Å². The highest BCUT2D eigenvalue weighted by molar-refractivity contribution is 5.88. The number of hydrogen-bond donors (Lipinski definition) is 3. The normalized spacial score (nSPS) is 28.0. The molecule has 0 bridgehead atoms. The van der Waals surface area contributed by atoms with Gasteiger partial charge in [-0.05, 0) is 37.1 Å². The number of aromatic nitrogens is 1. The molecule has 0 spiro atoms. The molecule has 0 aliphatic carbocycles. The van der Waals surface area contributed by atoms with E-state index in [-0.39, 0.29) is 5.56 Å². The van der Waals surface area contributed by atoms with E-state index in [0.717, 1.165) is 13.0 Å². The van der Waals surface area contributed by atoms with Gasteiger partial charge in [0, 0.05) is 19.0 Å². The molecule has 22 heavy (non-hydrogen) atoms. The summed E-state index contributed by atoms with van der Waals surface area (Å²) >= 11 is 0. The molecule has 1 fully saturated rings. The predicted octanol–water partition coefficient (Wildman–Crippen LogP) is 0.943. The molecule has 3 heterocycles. The van der Waals surface area contributed by atoms with Crippen LogP contribution in [0.2, 0.25) is 0 Å². The number of rotatable bonds is 4. The van der Waals surface area contributed by atoms with Crippen LogP contribution in [-0.2, 0) is 0 Å². The van der Waals surface area contributed by atoms with Crippen LogP contribution in [-0.4, -0.2) is 57.3 Å². The minimum atomic E-state index is -1.00. The Morgan fingerprint density at radius 2 is 2.36 bits per heavy atom. The van der Waals surface area contributed by atoms with Crippen LogP contribution in [0.1, 0.15) is 23.2 Å². The topological polar surface area (TPSA) is 98.0 Å². The molecule has 7 nitrogen and oxygen atoms in total. The number of pyridine rings is 1. The molecule has 2 aliphatic heterocycles. The number of anilines is 1. The number of aliphatic hydroxyl groups excluding tert-OH is 1. The zero-order chi connectivity index (χ0) is 15.6. The fourth-order valence-electron chi connectivity index (χ4n) is 2.92. The van der Waals surface area contributed by atoms with E-state index >= 15 is 0 Å². The number of aliphatic imine (C=N–C) groups is 1. The second-order valence-corrected chi connectivity index (χ2v) is 5.45. The molecule has 0 aromatic carbocycles. The molecule has 7 heteroatoms. The lowest BCUT2D eigenvalue weighted by molar-refractivity contribution is -0.00738. The summed E-state index contributed by atoms with van der Waals surface area (Å²) in [5.41, 5.74) is -0.521. The molecule has 0 saturated carbocycles. The number of likely N-dealkylation sites (tertiary alicyclic amines) is 1. The fraction of sp³-hybridized carbons (Fsp3) is 0.400. The molecule has 2 atom stereocenters. The molecule has 2 aliphatic rings. The van der Waals surface area contributed by atoms with E-state index in [1.807, 2.05) is 17.1 Å². The van der Waals surface area contributed by atoms with E-state index < -0.39 is 17.9 Å². The number of aliphatic hydroxyl groups is 1. The summed E-state index contributed by atoms with van der Waals surface area (Å²) in [5, 5.41) is 22.6. The molecule has 116 valence electrons. The lowest BCUT2D eigenvalue weighted by atomic mass is 10.1. The summed E-state index contributed by atoms with van der Waals surface area (Å²) in [5.74, 6) is -0.557. The highest BCUT2D eigenvalue weighted by Crippen LogP contribution is 2.29. The monoisotopic (exact) mass is 302 g/mol. The molecular weight excluding hydrogens is 284 g/mol. The number of aromatic carboxylic acids is 1. The fourth-order valence-corrected chi connectivity index (χ4v) is 2.92. The van der Waals surface area contributed by atoms with Crippen LogP contribution >= 0.6 is 0 Å². The largest absolute Gasteiger partial charge is 0.478 e. The first-order chi connectivity index (χ1) is 10.6. The average Bonchev–Trinajstić information content (AvgIpc) is 2.95. The second kappa shape index (κ2) is 5.86. The zero-order valence-electron chi connectivity index (χ0n) is 12.0. The Morgan fingerprint density at radius 3 is 3.00 bits per heavy atom. The number of carbonyl (C=O) groups is 1. The van der Waals surface area contributed by atoms with Crippen LogP contribution in [0.15, 0.2) is 35.5 Å². The first-order valence-electron chi connectivity index (χ1n) is 7.21. The van der Waals surface area contributed by atoms with Gasteiger partial charge >= 0.3 is 5.97 Å². The van der Waals surface area contributed by atoms with Crippen LogP contribution in [0.25, 0.3) is 0 Å². The van der Waals surface area contributed by atoms with Crippen molar-refractivity contribution in [2.24, 2.45) is 4.99 Å². The van der Waals surface area contributed by atoms with Gasteiger partial charge in [-0.1, -0.05) is 0 Å². The van der Waals surface area contributed by atoms with Crippen molar-refractivity contribution >= 4 is 18.0 Å². The van der Waals surface area contributed by atoms with Gasteiger partial charge in [0.2, 0.25) is 0 Å². The Labute approximate surface area is 128 Å². The molecule has 3 rings (SSSR count). The third-order valence-electron chi connectivity index (χ3n) is 3.98. The summed E-state index contributed by atoms with van der Waals surface area (Å²) in [4.78, 5) is 21.5. The number of allylic oxidation sites excluding steroid dienone is 1. The maximum absolute atomic E-state index is 11.1. The van der Waals surface area contributed by atoms with Crippen molar-refractivity contribution < 1.29 is 15.0 Å². The summed E-state index contributed by atoms with van der Waals surface area (Å²) in [6.45, 7) is 1.17. The van der Waals surface area contributed by atoms with E-state index in [2.05, 4.69) is 15.3 Å². The maximum Gasteiger partial charge on any atom is 0.335 e. The van der Waals surface area contributed by atoms with E-state index in [0.29, 0.717) is 18.8 Å². The van der Waals surface area contributed by atoms with E-state index in [1.165, 1.54) is 18.3 Å². The summed E-state index contributed by atoms with van der Waals surface area (Å²) in [6, 6.07) is 2.93. The Hall–Kier alpha value is -2.25. The number of nitrogens with zero attached hydrogens (tertiary/aromatic N) is 3. The third kappa shape index (κ3) is 2.72. The highest BCUT2D eigenvalue weighted by Gasteiger charge is 2.41. The number of hydrogen-bond acceptors (Lipinski definition) is 6. The first kappa shape index (κ1) is 14.7. The van der Waals surface area contributed by atoms with Crippen molar-refractivity contribution in [2.75, 3.05) is 18.4 Å². The molecule has 1 aromatic rings. The van der Waals surface area contributed by atoms with Crippen LogP contribution in [0, 0.1) is 0 Å². The van der Waals surface area contributed by atoms with Gasteiger partial charge in [-0.25, -0.2) is 9.78 Å². The first-order valence-corrected chi connectivity index (χ1v) is 7.21. The number of carboxylic acid groups (broad SMARTS) is 1. The van der Waals surface area contributed by atoms with E-state index in [9.17, 15) is 9.90 Å². The van der Waals surface area contributed by atoms with Crippen molar-refractivity contribution in [1.29, 1.82) is 0 Å². The molecule has 0 radical (unpaired) electrons. The molecule has 1 aromatic heterocycles. The van der Waals surface area contributed by atoms with Gasteiger partial charge in [0.1, 0.15) is 17.7 Å². The summed E-state index contributed by atoms with van der Waals surface area (Å²) < 4.78 is 0. The smallest absolute Gasteiger partial charge is 0.335 e. The average molecular weight is 302 g/mol.